The molecule has 0 amide bonds. The summed E-state index contributed by atoms with van der Waals surface area (Å²) < 4.78 is 6.56. The molecule has 5 heteroatoms. The molecule has 0 spiro atoms. The molecule has 0 aliphatic rings. The minimum absolute atomic E-state index is 0.616. The van der Waals surface area contributed by atoms with Crippen LogP contribution in [0.15, 0.2) is 0 Å². The summed E-state index contributed by atoms with van der Waals surface area (Å²) in [6.45, 7) is 1.74. The van der Waals surface area contributed by atoms with Gasteiger partial charge in [0.05, 0.1) is 13.2 Å². The van der Waals surface area contributed by atoms with Gasteiger partial charge in [-0.05, 0) is 0 Å². The van der Waals surface area contributed by atoms with Crippen LogP contribution < -0.4 is 0 Å². The van der Waals surface area contributed by atoms with E-state index >= 15 is 0 Å². The van der Waals surface area contributed by atoms with Crippen LogP contribution in [-0.4, -0.2) is 42.6 Å². The van der Waals surface area contributed by atoms with E-state index in [4.69, 9.17) is 4.74 Å². The third kappa shape index (κ3) is 9.35. The Morgan fingerprint density at radius 2 is 1.44 bits per heavy atom. The molecule has 0 bridgehead atoms. The monoisotopic (exact) mass is 290 g/mol. The van der Waals surface area contributed by atoms with Crippen LogP contribution >= 0.6 is 31.9 Å². The molecule has 56 valence electrons. The van der Waals surface area contributed by atoms with Gasteiger partial charge in [-0.1, -0.05) is 31.9 Å². The van der Waals surface area contributed by atoms with Crippen molar-refractivity contribution in [1.29, 1.82) is 0 Å². The number of alkyl halides is 2. The molecular weight excluding hydrogens is 280 g/mol. The summed E-state index contributed by atoms with van der Waals surface area (Å²) in [6, 6.07) is 0. The smallest absolute Gasteiger partial charge is 0.0556 e. The van der Waals surface area contributed by atoms with E-state index in [0.717, 1.165) is 13.2 Å². The van der Waals surface area contributed by atoms with E-state index in [1.54, 1.807) is 0 Å². The number of halogens is 2. The third-order valence-electron chi connectivity index (χ3n) is 0.695. The van der Waals surface area contributed by atoms with Gasteiger partial charge in [-0.3, -0.25) is 0 Å². The highest BCUT2D eigenvalue weighted by atomic mass is 79.9. The minimum atomic E-state index is 0.616. The normalized spacial score (nSPS) is 18.0. The molecule has 0 fully saturated rings. The summed E-state index contributed by atoms with van der Waals surface area (Å²) in [7, 11) is 2.33. The van der Waals surface area contributed by atoms with Crippen LogP contribution in [-0.2, 0) is 4.74 Å². The van der Waals surface area contributed by atoms with Gasteiger partial charge >= 0.3 is 0 Å². The minimum Gasteiger partial charge on any atom is -0.380 e. The third-order valence-corrected chi connectivity index (χ3v) is 1.89. The van der Waals surface area contributed by atoms with E-state index in [1.165, 1.54) is 20.5 Å². The molecular formula is C4H12Br2OSi2. The van der Waals surface area contributed by atoms with Gasteiger partial charge in [-0.2, -0.15) is 0 Å². The van der Waals surface area contributed by atoms with Crippen molar-refractivity contribution in [3.05, 3.63) is 0 Å². The quantitative estimate of drug-likeness (QED) is 0.486. The van der Waals surface area contributed by atoms with Gasteiger partial charge in [0.1, 0.15) is 0 Å². The Hall–Kier alpha value is 1.35. The zero-order valence-electron chi connectivity index (χ0n) is 5.73. The molecule has 0 aliphatic heterocycles. The molecule has 9 heavy (non-hydrogen) atoms. The van der Waals surface area contributed by atoms with Crippen molar-refractivity contribution in [2.75, 3.05) is 13.2 Å². The summed E-state index contributed by atoms with van der Waals surface area (Å²) in [5.41, 5.74) is 0. The van der Waals surface area contributed by atoms with Crippen molar-refractivity contribution in [1.82, 2.24) is 0 Å². The fourth-order valence-electron chi connectivity index (χ4n) is 0.393. The van der Waals surface area contributed by atoms with Crippen LogP contribution in [0.25, 0.3) is 0 Å². The molecule has 0 rings (SSSR count). The standard InChI is InChI=1S/C4H12Br2OSi2/c5-3(8)1-7-2-4(6)9/h3-4H,1-2H2,8-9H3. The zero-order chi connectivity index (χ0) is 7.28. The number of hydrogen-bond donors (Lipinski definition) is 0. The first-order valence-corrected chi connectivity index (χ1v) is 7.13. The zero-order valence-corrected chi connectivity index (χ0v) is 12.9. The van der Waals surface area contributed by atoms with E-state index in [-0.39, 0.29) is 0 Å². The van der Waals surface area contributed by atoms with E-state index < -0.39 is 0 Å². The van der Waals surface area contributed by atoms with Crippen molar-refractivity contribution in [3.8, 4) is 0 Å². The van der Waals surface area contributed by atoms with Crippen molar-refractivity contribution in [2.45, 2.75) is 8.90 Å². The highest BCUT2D eigenvalue weighted by Gasteiger charge is 1.97. The molecule has 0 aromatic carbocycles. The van der Waals surface area contributed by atoms with Gasteiger partial charge in [0.25, 0.3) is 0 Å². The molecule has 0 aromatic rings. The Morgan fingerprint density at radius 1 is 1.11 bits per heavy atom. The van der Waals surface area contributed by atoms with Crippen molar-refractivity contribution in [3.63, 3.8) is 0 Å². The predicted octanol–water partition coefficient (Wildman–Crippen LogP) is -0.824. The van der Waals surface area contributed by atoms with Gasteiger partial charge in [-0.25, -0.2) is 0 Å². The Morgan fingerprint density at radius 3 is 1.67 bits per heavy atom. The number of ether oxygens (including phenoxy) is 1. The Balaban J connectivity index is 2.91. The lowest BCUT2D eigenvalue weighted by molar-refractivity contribution is 0.158. The molecule has 0 heterocycles. The maximum absolute atomic E-state index is 5.33. The topological polar surface area (TPSA) is 9.23 Å². The second kappa shape index (κ2) is 6.09. The van der Waals surface area contributed by atoms with Crippen molar-refractivity contribution < 1.29 is 4.74 Å². The summed E-state index contributed by atoms with van der Waals surface area (Å²) >= 11 is 6.91. The second-order valence-corrected chi connectivity index (χ2v) is 11.4. The summed E-state index contributed by atoms with van der Waals surface area (Å²) in [5.74, 6) is 0. The van der Waals surface area contributed by atoms with Crippen LogP contribution in [0.2, 0.25) is 0 Å². The number of hydrogen-bond acceptors (Lipinski definition) is 1. The average Bonchev–Trinajstić information content (AvgIpc) is 1.63. The Labute approximate surface area is 79.0 Å². The summed E-state index contributed by atoms with van der Waals surface area (Å²) in [5, 5.41) is 0. The molecule has 0 aromatic heterocycles. The van der Waals surface area contributed by atoms with Gasteiger partial charge in [0.2, 0.25) is 0 Å². The highest BCUT2D eigenvalue weighted by molar-refractivity contribution is 9.10. The van der Waals surface area contributed by atoms with Crippen molar-refractivity contribution in [2.24, 2.45) is 0 Å². The second-order valence-electron chi connectivity index (χ2n) is 2.10. The van der Waals surface area contributed by atoms with Crippen LogP contribution in [0.1, 0.15) is 0 Å². The predicted molar refractivity (Wildman–Crippen MR) is 56.1 cm³/mol. The van der Waals surface area contributed by atoms with Gasteiger partial charge in [-0.15, -0.1) is 0 Å². The molecule has 0 radical (unpaired) electrons. The maximum atomic E-state index is 5.33. The van der Waals surface area contributed by atoms with Crippen molar-refractivity contribution >= 4 is 52.3 Å². The van der Waals surface area contributed by atoms with E-state index in [9.17, 15) is 0 Å². The Bertz CT molecular complexity index is 61.6. The molecule has 0 saturated carbocycles. The van der Waals surface area contributed by atoms with Gasteiger partial charge < -0.3 is 4.74 Å². The fraction of sp³-hybridized carbons (Fsp3) is 1.00. The molecule has 2 atom stereocenters. The first kappa shape index (κ1) is 10.4. The SMILES string of the molecule is [SiH3]C(Br)COCC([SiH3])Br. The van der Waals surface area contributed by atoms with Gasteiger partial charge in [0, 0.05) is 29.4 Å². The first-order chi connectivity index (χ1) is 4.13. The van der Waals surface area contributed by atoms with E-state index in [2.05, 4.69) is 31.9 Å². The maximum Gasteiger partial charge on any atom is 0.0556 e. The fourth-order valence-corrected chi connectivity index (χ4v) is 1.24. The molecule has 1 nitrogen and oxygen atoms in total. The van der Waals surface area contributed by atoms with Crippen LogP contribution in [0.3, 0.4) is 0 Å². The lowest BCUT2D eigenvalue weighted by atomic mass is 10.8. The Kier molecular flexibility index (Phi) is 7.01. The van der Waals surface area contributed by atoms with Crippen LogP contribution in [0.5, 0.6) is 0 Å². The molecule has 2 unspecified atom stereocenters. The van der Waals surface area contributed by atoms with E-state index in [0.29, 0.717) is 8.90 Å². The molecule has 0 aliphatic carbocycles. The van der Waals surface area contributed by atoms with E-state index in [1.807, 2.05) is 0 Å². The van der Waals surface area contributed by atoms with Crippen LogP contribution in [0.4, 0.5) is 0 Å². The lowest BCUT2D eigenvalue weighted by Gasteiger charge is -2.06. The summed E-state index contributed by atoms with van der Waals surface area (Å²) in [4.78, 5) is 0. The molecule has 0 saturated heterocycles. The number of rotatable bonds is 4. The lowest BCUT2D eigenvalue weighted by Crippen LogP contribution is -2.14. The largest absolute Gasteiger partial charge is 0.380 e. The van der Waals surface area contributed by atoms with Crippen LogP contribution in [0, 0.1) is 0 Å². The average molecular weight is 292 g/mol. The highest BCUT2D eigenvalue weighted by Crippen LogP contribution is 1.97. The summed E-state index contributed by atoms with van der Waals surface area (Å²) in [6.07, 6.45) is 0. The first-order valence-electron chi connectivity index (χ1n) is 2.98. The molecule has 0 N–H and O–H groups in total. The van der Waals surface area contributed by atoms with Gasteiger partial charge in [0.15, 0.2) is 0 Å².